The number of oxime groups is 1. The fraction of sp³-hybridized carbons (Fsp3) is 0.0625. The lowest BCUT2D eigenvalue weighted by Gasteiger charge is -2.04. The van der Waals surface area contributed by atoms with E-state index in [9.17, 15) is 8.42 Å². The minimum atomic E-state index is -3.91. The fourth-order valence-electron chi connectivity index (χ4n) is 1.65. The van der Waals surface area contributed by atoms with Crippen LogP contribution in [-0.4, -0.2) is 14.1 Å². The van der Waals surface area contributed by atoms with Crippen LogP contribution in [0, 0.1) is 0 Å². The largest absolute Gasteiger partial charge is 0.358 e. The van der Waals surface area contributed by atoms with Gasteiger partial charge in [-0.05, 0) is 30.2 Å². The molecule has 0 fully saturated rings. The molecule has 21 heavy (non-hydrogen) atoms. The molecule has 0 aliphatic rings. The second-order valence-electron chi connectivity index (χ2n) is 4.34. The van der Waals surface area contributed by atoms with E-state index in [0.29, 0.717) is 5.71 Å². The minimum Gasteiger partial charge on any atom is -0.265 e. The van der Waals surface area contributed by atoms with E-state index in [4.69, 9.17) is 4.28 Å². The van der Waals surface area contributed by atoms with Crippen LogP contribution in [0.2, 0.25) is 0 Å². The maximum Gasteiger partial charge on any atom is 0.358 e. The zero-order chi connectivity index (χ0) is 15.3. The highest BCUT2D eigenvalue weighted by Gasteiger charge is 2.15. The molecule has 0 amide bonds. The summed E-state index contributed by atoms with van der Waals surface area (Å²) in [4.78, 5) is 0.0534. The Bertz CT molecular complexity index is 748. The molecule has 2 aromatic rings. The lowest BCUT2D eigenvalue weighted by molar-refractivity contribution is 0.339. The Morgan fingerprint density at radius 3 is 2.29 bits per heavy atom. The van der Waals surface area contributed by atoms with E-state index in [1.807, 2.05) is 30.3 Å². The van der Waals surface area contributed by atoms with Crippen molar-refractivity contribution in [1.82, 2.24) is 0 Å². The molecule has 0 atom stereocenters. The van der Waals surface area contributed by atoms with Crippen molar-refractivity contribution in [3.63, 3.8) is 0 Å². The van der Waals surface area contributed by atoms with Crippen LogP contribution in [0.4, 0.5) is 0 Å². The summed E-state index contributed by atoms with van der Waals surface area (Å²) < 4.78 is 28.8. The molecular formula is C16H15NO3S. The van der Waals surface area contributed by atoms with Gasteiger partial charge in [-0.15, -0.1) is 0 Å². The molecule has 0 unspecified atom stereocenters. The van der Waals surface area contributed by atoms with Gasteiger partial charge in [-0.2, -0.15) is 8.42 Å². The molecule has 0 aliphatic carbocycles. The summed E-state index contributed by atoms with van der Waals surface area (Å²) in [5, 5.41) is 3.69. The number of hydrogen-bond acceptors (Lipinski definition) is 4. The molecule has 4 nitrogen and oxygen atoms in total. The van der Waals surface area contributed by atoms with Crippen LogP contribution in [0.3, 0.4) is 0 Å². The SMILES string of the molecule is C=Cc1ccc(S(=O)(=O)O/N=C(\C)c2ccccc2)cc1. The highest BCUT2D eigenvalue weighted by Crippen LogP contribution is 2.15. The Hall–Kier alpha value is -2.40. The summed E-state index contributed by atoms with van der Waals surface area (Å²) in [6.07, 6.45) is 1.63. The molecule has 0 spiro atoms. The van der Waals surface area contributed by atoms with Crippen LogP contribution < -0.4 is 0 Å². The van der Waals surface area contributed by atoms with Gasteiger partial charge < -0.3 is 0 Å². The zero-order valence-corrected chi connectivity index (χ0v) is 12.4. The molecule has 0 saturated carbocycles. The molecule has 0 radical (unpaired) electrons. The average molecular weight is 301 g/mol. The first-order valence-corrected chi connectivity index (χ1v) is 7.70. The molecule has 0 aliphatic heterocycles. The smallest absolute Gasteiger partial charge is 0.265 e. The standard InChI is InChI=1S/C16H15NO3S/c1-3-14-9-11-16(12-10-14)21(18,19)20-17-13(2)15-7-5-4-6-8-15/h3-12H,1H2,2H3/b17-13+. The number of nitrogens with zero attached hydrogens (tertiary/aromatic N) is 1. The van der Waals surface area contributed by atoms with Crippen molar-refractivity contribution in [2.75, 3.05) is 0 Å². The quantitative estimate of drug-likeness (QED) is 0.627. The molecule has 0 heterocycles. The Kier molecular flexibility index (Phi) is 4.55. The van der Waals surface area contributed by atoms with E-state index in [1.54, 1.807) is 25.1 Å². The summed E-state index contributed by atoms with van der Waals surface area (Å²) in [7, 11) is -3.91. The molecule has 108 valence electrons. The van der Waals surface area contributed by atoms with Crippen molar-refractivity contribution < 1.29 is 12.7 Å². The second kappa shape index (κ2) is 6.37. The normalized spacial score (nSPS) is 12.0. The summed E-state index contributed by atoms with van der Waals surface area (Å²) in [5.74, 6) is 0. The van der Waals surface area contributed by atoms with E-state index < -0.39 is 10.1 Å². The highest BCUT2D eigenvalue weighted by atomic mass is 32.2. The third-order valence-corrected chi connectivity index (χ3v) is 3.99. The molecule has 0 aromatic heterocycles. The predicted molar refractivity (Wildman–Crippen MR) is 83.5 cm³/mol. The third-order valence-electron chi connectivity index (χ3n) is 2.87. The van der Waals surface area contributed by atoms with E-state index in [-0.39, 0.29) is 4.90 Å². The van der Waals surface area contributed by atoms with E-state index in [2.05, 4.69) is 11.7 Å². The van der Waals surface area contributed by atoms with Crippen molar-refractivity contribution in [2.45, 2.75) is 11.8 Å². The molecule has 5 heteroatoms. The maximum absolute atomic E-state index is 12.0. The van der Waals surface area contributed by atoms with Gasteiger partial charge in [-0.25, -0.2) is 0 Å². The Morgan fingerprint density at radius 2 is 1.71 bits per heavy atom. The van der Waals surface area contributed by atoms with E-state index in [0.717, 1.165) is 11.1 Å². The summed E-state index contributed by atoms with van der Waals surface area (Å²) >= 11 is 0. The van der Waals surface area contributed by atoms with Gasteiger partial charge in [0.15, 0.2) is 0 Å². The first-order chi connectivity index (χ1) is 10.0. The van der Waals surface area contributed by atoms with Gasteiger partial charge in [-0.3, -0.25) is 4.28 Å². The van der Waals surface area contributed by atoms with Crippen molar-refractivity contribution in [3.8, 4) is 0 Å². The summed E-state index contributed by atoms with van der Waals surface area (Å²) in [6.45, 7) is 5.30. The molecule has 0 N–H and O–H groups in total. The zero-order valence-electron chi connectivity index (χ0n) is 11.6. The first kappa shape index (κ1) is 15.0. The van der Waals surface area contributed by atoms with Crippen LogP contribution in [0.15, 0.2) is 71.2 Å². The average Bonchev–Trinajstić information content (AvgIpc) is 2.53. The van der Waals surface area contributed by atoms with E-state index >= 15 is 0 Å². The Labute approximate surface area is 124 Å². The predicted octanol–water partition coefficient (Wildman–Crippen LogP) is 3.46. The van der Waals surface area contributed by atoms with Crippen molar-refractivity contribution >= 4 is 21.9 Å². The van der Waals surface area contributed by atoms with Gasteiger partial charge in [0.25, 0.3) is 0 Å². The van der Waals surface area contributed by atoms with Crippen molar-refractivity contribution in [1.29, 1.82) is 0 Å². The monoisotopic (exact) mass is 301 g/mol. The summed E-state index contributed by atoms with van der Waals surface area (Å²) in [6, 6.07) is 15.4. The second-order valence-corrected chi connectivity index (χ2v) is 5.87. The lowest BCUT2D eigenvalue weighted by atomic mass is 10.1. The molecule has 0 bridgehead atoms. The van der Waals surface area contributed by atoms with Crippen LogP contribution in [0.25, 0.3) is 6.08 Å². The van der Waals surface area contributed by atoms with Gasteiger partial charge in [0.1, 0.15) is 4.90 Å². The highest BCUT2D eigenvalue weighted by molar-refractivity contribution is 7.86. The van der Waals surface area contributed by atoms with Crippen LogP contribution in [-0.2, 0) is 14.4 Å². The number of benzene rings is 2. The first-order valence-electron chi connectivity index (χ1n) is 6.29. The fourth-order valence-corrected chi connectivity index (χ4v) is 2.42. The van der Waals surface area contributed by atoms with Crippen molar-refractivity contribution in [2.24, 2.45) is 5.16 Å². The lowest BCUT2D eigenvalue weighted by Crippen LogP contribution is -2.05. The molecule has 2 aromatic carbocycles. The topological polar surface area (TPSA) is 55.7 Å². The molecule has 0 saturated heterocycles. The van der Waals surface area contributed by atoms with Gasteiger partial charge >= 0.3 is 10.1 Å². The summed E-state index contributed by atoms with van der Waals surface area (Å²) in [5.41, 5.74) is 2.12. The van der Waals surface area contributed by atoms with Crippen molar-refractivity contribution in [3.05, 3.63) is 72.3 Å². The number of rotatable bonds is 5. The Morgan fingerprint density at radius 1 is 1.10 bits per heavy atom. The minimum absolute atomic E-state index is 0.0534. The van der Waals surface area contributed by atoms with Gasteiger partial charge in [0.2, 0.25) is 0 Å². The van der Waals surface area contributed by atoms with Crippen LogP contribution in [0.1, 0.15) is 18.1 Å². The van der Waals surface area contributed by atoms with Crippen LogP contribution in [0.5, 0.6) is 0 Å². The van der Waals surface area contributed by atoms with Crippen LogP contribution >= 0.6 is 0 Å². The Balaban J connectivity index is 2.19. The third kappa shape index (κ3) is 3.79. The van der Waals surface area contributed by atoms with Gasteiger partial charge in [0, 0.05) is 0 Å². The molecule has 2 rings (SSSR count). The molecular weight excluding hydrogens is 286 g/mol. The van der Waals surface area contributed by atoms with Gasteiger partial charge in [0.05, 0.1) is 5.71 Å². The maximum atomic E-state index is 12.0. The van der Waals surface area contributed by atoms with E-state index in [1.165, 1.54) is 12.1 Å². The van der Waals surface area contributed by atoms with Gasteiger partial charge in [-0.1, -0.05) is 60.3 Å². The number of hydrogen-bond donors (Lipinski definition) is 0.